The number of urea groups is 1. The molecule has 3 aliphatic heterocycles. The number of benzene rings is 2. The number of aliphatic carboxylic acids is 1. The SMILES string of the molecule is CC(=O)Oc1cccc(CN2CCN(C(=O)NC(C(=O)N[C@]3(NC=O)C(=O)N4C(C(=O)O)=C(C(=S)c5nncs5)CS[C@H]43)c3ccccc3)C(=O)C2=O)c1OC(C)=O. The second kappa shape index (κ2) is 16.9. The van der Waals surface area contributed by atoms with Crippen molar-refractivity contribution in [3.05, 3.63) is 81.4 Å². The fraction of sp³-hybridized carbons (Fsp3) is 0.257. The lowest BCUT2D eigenvalue weighted by Gasteiger charge is -2.56. The Balaban J connectivity index is 1.21. The van der Waals surface area contributed by atoms with Crippen molar-refractivity contribution in [3.8, 4) is 11.5 Å². The molecular weight excluding hydrogens is 821 g/mol. The maximum absolute atomic E-state index is 14.1. The van der Waals surface area contributed by atoms with E-state index in [-0.39, 0.29) is 69.9 Å². The number of carboxylic acid groups (broad SMARTS) is 1. The fourth-order valence-corrected chi connectivity index (χ4v) is 8.72. The highest BCUT2D eigenvalue weighted by molar-refractivity contribution is 8.00. The van der Waals surface area contributed by atoms with E-state index in [0.717, 1.165) is 46.7 Å². The van der Waals surface area contributed by atoms with Gasteiger partial charge >= 0.3 is 35.8 Å². The summed E-state index contributed by atoms with van der Waals surface area (Å²) in [6.07, 6.45) is 0.156. The van der Waals surface area contributed by atoms with Crippen molar-refractivity contribution in [2.24, 2.45) is 0 Å². The normalized spacial score (nSPS) is 19.3. The zero-order chi connectivity index (χ0) is 41.9. The number of carbonyl (C=O) groups is 9. The number of aromatic nitrogens is 2. The summed E-state index contributed by atoms with van der Waals surface area (Å²) < 4.78 is 10.4. The second-order valence-corrected chi connectivity index (χ2v) is 14.8. The highest BCUT2D eigenvalue weighted by Gasteiger charge is 2.66. The summed E-state index contributed by atoms with van der Waals surface area (Å²) in [5.74, 6) is -7.69. The molecule has 58 heavy (non-hydrogen) atoms. The number of hydrogen-bond acceptors (Lipinski definition) is 16. The van der Waals surface area contributed by atoms with Crippen LogP contribution in [-0.4, -0.2) is 119 Å². The van der Waals surface area contributed by atoms with Gasteiger partial charge in [0.1, 0.15) is 22.6 Å². The van der Waals surface area contributed by atoms with Crippen LogP contribution in [0.3, 0.4) is 0 Å². The van der Waals surface area contributed by atoms with Crippen molar-refractivity contribution in [1.29, 1.82) is 0 Å². The molecule has 23 heteroatoms. The smallest absolute Gasteiger partial charge is 0.353 e. The Labute approximate surface area is 340 Å². The monoisotopic (exact) mass is 850 g/mol. The first-order chi connectivity index (χ1) is 27.7. The van der Waals surface area contributed by atoms with Gasteiger partial charge in [0.2, 0.25) is 18.0 Å². The first-order valence-corrected chi connectivity index (χ1v) is 19.2. The van der Waals surface area contributed by atoms with Crippen molar-refractivity contribution in [3.63, 3.8) is 0 Å². The quantitative estimate of drug-likeness (QED) is 0.0262. The van der Waals surface area contributed by atoms with Crippen LogP contribution < -0.4 is 25.4 Å². The Morgan fingerprint density at radius 2 is 1.74 bits per heavy atom. The van der Waals surface area contributed by atoms with E-state index in [1.54, 1.807) is 18.2 Å². The van der Waals surface area contributed by atoms with E-state index in [1.807, 2.05) is 0 Å². The van der Waals surface area contributed by atoms with Gasteiger partial charge in [-0.05, 0) is 11.6 Å². The minimum Gasteiger partial charge on any atom is -0.477 e. The topological polar surface area (TPSA) is 264 Å². The molecule has 0 saturated carbocycles. The van der Waals surface area contributed by atoms with Crippen molar-refractivity contribution >= 4 is 94.2 Å². The molecule has 3 aromatic rings. The maximum atomic E-state index is 14.1. The molecule has 0 bridgehead atoms. The van der Waals surface area contributed by atoms with E-state index >= 15 is 0 Å². The molecule has 6 rings (SSSR count). The molecule has 3 atom stereocenters. The molecule has 0 spiro atoms. The Morgan fingerprint density at radius 3 is 2.38 bits per heavy atom. The number of amides is 7. The molecule has 300 valence electrons. The molecule has 3 aliphatic rings. The summed E-state index contributed by atoms with van der Waals surface area (Å²) in [6.45, 7) is 1.44. The highest BCUT2D eigenvalue weighted by Crippen LogP contribution is 2.46. The van der Waals surface area contributed by atoms with Gasteiger partial charge in [-0.25, -0.2) is 9.59 Å². The average molecular weight is 851 g/mol. The summed E-state index contributed by atoms with van der Waals surface area (Å²) >= 11 is 7.53. The summed E-state index contributed by atoms with van der Waals surface area (Å²) in [4.78, 5) is 119. The lowest BCUT2D eigenvalue weighted by Crippen LogP contribution is -2.85. The third-order valence-electron chi connectivity index (χ3n) is 8.85. The number of imide groups is 1. The number of carbonyl (C=O) groups excluding carboxylic acids is 8. The van der Waals surface area contributed by atoms with Crippen molar-refractivity contribution < 1.29 is 57.7 Å². The zero-order valence-electron chi connectivity index (χ0n) is 30.2. The number of ether oxygens (including phenoxy) is 2. The predicted octanol–water partition coefficient (Wildman–Crippen LogP) is 0.241. The lowest BCUT2D eigenvalue weighted by atomic mass is 9.93. The molecule has 1 unspecified atom stereocenters. The van der Waals surface area contributed by atoms with Gasteiger partial charge in [0.25, 0.3) is 5.91 Å². The van der Waals surface area contributed by atoms with Crippen LogP contribution in [-0.2, 0) is 44.9 Å². The maximum Gasteiger partial charge on any atom is 0.353 e. The number of nitrogens with one attached hydrogen (secondary N) is 3. The molecule has 4 heterocycles. The molecule has 1 aromatic heterocycles. The van der Waals surface area contributed by atoms with Gasteiger partial charge in [-0.3, -0.25) is 43.4 Å². The molecular formula is C35H30N8O12S3. The molecule has 7 amide bonds. The fourth-order valence-electron chi connectivity index (χ4n) is 6.33. The standard InChI is InChI=1S/C35H30N8O12S3/c1-17(45)54-22-10-6-9-20(25(22)55-18(2)46)13-41-11-12-42(30(49)29(41)48)34(53)38-23(19-7-4-3-5-8-19)27(47)39-35(36-15-44)32(52)43-24(31(50)51)21(14-57-33(35)43)26(56)28-40-37-16-58-28/h3-10,15-16,23,33H,11-14H2,1-2H3,(H,36,44)(H,38,53)(H,39,47)(H,50,51)/t23?,33-,35+/m0/s1. The summed E-state index contributed by atoms with van der Waals surface area (Å²) in [6, 6.07) is 9.23. The van der Waals surface area contributed by atoms with Gasteiger partial charge in [0, 0.05) is 43.8 Å². The molecule has 0 radical (unpaired) electrons. The molecule has 4 N–H and O–H groups in total. The first kappa shape index (κ1) is 41.1. The highest BCUT2D eigenvalue weighted by atomic mass is 32.2. The number of para-hydroxylation sites is 1. The van der Waals surface area contributed by atoms with Crippen molar-refractivity contribution in [2.75, 3.05) is 18.8 Å². The number of thiocarbonyl (C=S) groups is 1. The summed E-state index contributed by atoms with van der Waals surface area (Å²) in [5, 5.41) is 24.1. The second-order valence-electron chi connectivity index (χ2n) is 12.5. The Kier molecular flexibility index (Phi) is 11.9. The number of piperazine rings is 1. The predicted molar refractivity (Wildman–Crippen MR) is 203 cm³/mol. The number of β-lactam (4-membered cyclic amide) rings is 1. The van der Waals surface area contributed by atoms with E-state index in [1.165, 1.54) is 35.8 Å². The number of esters is 2. The van der Waals surface area contributed by atoms with E-state index in [0.29, 0.717) is 4.90 Å². The number of hydrogen-bond donors (Lipinski definition) is 4. The van der Waals surface area contributed by atoms with Crippen LogP contribution >= 0.6 is 35.3 Å². The first-order valence-electron chi connectivity index (χ1n) is 16.9. The van der Waals surface area contributed by atoms with Crippen LogP contribution in [0.2, 0.25) is 0 Å². The van der Waals surface area contributed by atoms with Gasteiger partial charge in [0.05, 0.1) is 11.4 Å². The van der Waals surface area contributed by atoms with Crippen LogP contribution in [0, 0.1) is 0 Å². The largest absolute Gasteiger partial charge is 0.477 e. The van der Waals surface area contributed by atoms with Crippen LogP contribution in [0.15, 0.2) is 65.3 Å². The number of nitrogens with zero attached hydrogens (tertiary/aromatic N) is 5. The number of carboxylic acids is 1. The van der Waals surface area contributed by atoms with Crippen molar-refractivity contribution in [2.45, 2.75) is 37.5 Å². The number of thioether (sulfide) groups is 1. The van der Waals surface area contributed by atoms with Gasteiger partial charge in [-0.1, -0.05) is 66.0 Å². The summed E-state index contributed by atoms with van der Waals surface area (Å²) in [7, 11) is 0. The van der Waals surface area contributed by atoms with E-state index in [9.17, 15) is 48.3 Å². The van der Waals surface area contributed by atoms with E-state index < -0.39 is 70.3 Å². The van der Waals surface area contributed by atoms with Gasteiger partial charge in [-0.2, -0.15) is 0 Å². The van der Waals surface area contributed by atoms with Crippen LogP contribution in [0.25, 0.3) is 0 Å². The van der Waals surface area contributed by atoms with E-state index in [4.69, 9.17) is 21.7 Å². The molecule has 2 aromatic carbocycles. The van der Waals surface area contributed by atoms with Gasteiger partial charge in [0.15, 0.2) is 16.5 Å². The third-order valence-corrected chi connectivity index (χ3v) is 11.5. The Bertz CT molecular complexity index is 2290. The molecule has 20 nitrogen and oxygen atoms in total. The minimum atomic E-state index is -2.19. The van der Waals surface area contributed by atoms with Crippen LogP contribution in [0.5, 0.6) is 11.5 Å². The Morgan fingerprint density at radius 1 is 1.02 bits per heavy atom. The Hall–Kier alpha value is -6.59. The number of fused-ring (bicyclic) bond motifs is 1. The zero-order valence-corrected chi connectivity index (χ0v) is 32.6. The molecule has 2 fully saturated rings. The van der Waals surface area contributed by atoms with Crippen LogP contribution in [0.4, 0.5) is 4.79 Å². The van der Waals surface area contributed by atoms with E-state index in [2.05, 4.69) is 26.1 Å². The van der Waals surface area contributed by atoms with Crippen molar-refractivity contribution in [1.82, 2.24) is 40.8 Å². The molecule has 2 saturated heterocycles. The average Bonchev–Trinajstić information content (AvgIpc) is 3.74. The minimum absolute atomic E-state index is 0.0592. The van der Waals surface area contributed by atoms with Gasteiger partial charge < -0.3 is 35.4 Å². The van der Waals surface area contributed by atoms with Gasteiger partial charge in [-0.15, -0.1) is 22.0 Å². The van der Waals surface area contributed by atoms with Crippen LogP contribution in [0.1, 0.15) is 36.0 Å². The lowest BCUT2D eigenvalue weighted by molar-refractivity contribution is -0.162. The number of rotatable bonds is 13. The molecule has 0 aliphatic carbocycles. The third kappa shape index (κ3) is 7.86. The summed E-state index contributed by atoms with van der Waals surface area (Å²) in [5.41, 5.74) is -0.759.